The maximum Gasteiger partial charge on any atom is 0.136 e. The Hall–Kier alpha value is -0.580. The van der Waals surface area contributed by atoms with Crippen molar-refractivity contribution < 1.29 is 4.39 Å². The van der Waals surface area contributed by atoms with Crippen LogP contribution in [0.1, 0.15) is 6.42 Å². The van der Waals surface area contributed by atoms with Crippen LogP contribution in [0.5, 0.6) is 0 Å². The number of halogens is 1. The van der Waals surface area contributed by atoms with Crippen molar-refractivity contribution in [2.75, 3.05) is 25.4 Å². The lowest BCUT2D eigenvalue weighted by atomic mass is 10.3. The van der Waals surface area contributed by atoms with Crippen LogP contribution in [0.25, 0.3) is 0 Å². The first-order chi connectivity index (χ1) is 7.75. The van der Waals surface area contributed by atoms with Crippen LogP contribution in [0.4, 0.5) is 4.39 Å². The Labute approximate surface area is 100 Å². The average molecular weight is 240 g/mol. The number of rotatable bonds is 4. The molecule has 4 heteroatoms. The van der Waals surface area contributed by atoms with Gasteiger partial charge in [-0.25, -0.2) is 4.39 Å². The quantitative estimate of drug-likeness (QED) is 0.816. The predicted octanol–water partition coefficient (Wildman–Crippen LogP) is 1.95. The number of nitrogens with zero attached hydrogens (tertiary/aromatic N) is 1. The maximum absolute atomic E-state index is 13.3. The molecule has 1 atom stereocenters. The number of hydrogen-bond donors (Lipinski definition) is 1. The van der Waals surface area contributed by atoms with Crippen LogP contribution < -0.4 is 5.73 Å². The van der Waals surface area contributed by atoms with Crippen molar-refractivity contribution in [3.8, 4) is 0 Å². The van der Waals surface area contributed by atoms with Crippen LogP contribution >= 0.6 is 11.8 Å². The van der Waals surface area contributed by atoms with Gasteiger partial charge in [-0.1, -0.05) is 12.1 Å². The van der Waals surface area contributed by atoms with E-state index in [0.717, 1.165) is 36.7 Å². The lowest BCUT2D eigenvalue weighted by molar-refractivity contribution is 0.357. The highest BCUT2D eigenvalue weighted by molar-refractivity contribution is 7.99. The predicted molar refractivity (Wildman–Crippen MR) is 66.2 cm³/mol. The fourth-order valence-corrected chi connectivity index (χ4v) is 2.86. The summed E-state index contributed by atoms with van der Waals surface area (Å²) in [5, 5.41) is 0. The molecule has 0 spiro atoms. The van der Waals surface area contributed by atoms with Crippen molar-refractivity contribution in [2.45, 2.75) is 17.4 Å². The lowest BCUT2D eigenvalue weighted by Crippen LogP contribution is -2.28. The van der Waals surface area contributed by atoms with Crippen LogP contribution in [-0.2, 0) is 0 Å². The van der Waals surface area contributed by atoms with Gasteiger partial charge in [-0.3, -0.25) is 0 Å². The first-order valence-corrected chi connectivity index (χ1v) is 6.59. The minimum absolute atomic E-state index is 0.120. The van der Waals surface area contributed by atoms with E-state index in [1.807, 2.05) is 12.1 Å². The molecule has 1 aromatic carbocycles. The fraction of sp³-hybridized carbons (Fsp3) is 0.500. The second-order valence-corrected chi connectivity index (χ2v) is 5.26. The first kappa shape index (κ1) is 11.9. The Balaban J connectivity index is 1.74. The second-order valence-electron chi connectivity index (χ2n) is 4.13. The number of hydrogen-bond acceptors (Lipinski definition) is 3. The van der Waals surface area contributed by atoms with E-state index >= 15 is 0 Å². The summed E-state index contributed by atoms with van der Waals surface area (Å²) in [6, 6.07) is 7.26. The lowest BCUT2D eigenvalue weighted by Gasteiger charge is -2.14. The van der Waals surface area contributed by atoms with E-state index in [4.69, 9.17) is 5.73 Å². The zero-order valence-electron chi connectivity index (χ0n) is 9.23. The molecule has 1 aromatic rings. The highest BCUT2D eigenvalue weighted by atomic mass is 32.2. The summed E-state index contributed by atoms with van der Waals surface area (Å²) in [6.45, 7) is 3.06. The van der Waals surface area contributed by atoms with E-state index < -0.39 is 0 Å². The average Bonchev–Trinajstić information content (AvgIpc) is 2.67. The van der Waals surface area contributed by atoms with E-state index in [0.29, 0.717) is 6.04 Å². The molecule has 1 heterocycles. The van der Waals surface area contributed by atoms with E-state index in [9.17, 15) is 4.39 Å². The van der Waals surface area contributed by atoms with Gasteiger partial charge < -0.3 is 10.6 Å². The summed E-state index contributed by atoms with van der Waals surface area (Å²) in [5.41, 5.74) is 5.82. The van der Waals surface area contributed by atoms with Gasteiger partial charge in [0.25, 0.3) is 0 Å². The van der Waals surface area contributed by atoms with Gasteiger partial charge in [0, 0.05) is 29.8 Å². The number of thioether (sulfide) groups is 1. The number of nitrogens with two attached hydrogens (primary N) is 1. The molecular formula is C12H17FN2S. The van der Waals surface area contributed by atoms with E-state index in [1.54, 1.807) is 17.8 Å². The zero-order chi connectivity index (χ0) is 11.4. The topological polar surface area (TPSA) is 29.3 Å². The van der Waals surface area contributed by atoms with Gasteiger partial charge in [0.15, 0.2) is 0 Å². The third-order valence-corrected chi connectivity index (χ3v) is 3.84. The molecule has 0 saturated carbocycles. The van der Waals surface area contributed by atoms with Gasteiger partial charge in [-0.15, -0.1) is 11.8 Å². The Morgan fingerprint density at radius 2 is 2.25 bits per heavy atom. The third-order valence-electron chi connectivity index (χ3n) is 2.81. The van der Waals surface area contributed by atoms with Crippen LogP contribution in [0, 0.1) is 5.82 Å². The molecule has 1 saturated heterocycles. The largest absolute Gasteiger partial charge is 0.326 e. The minimum Gasteiger partial charge on any atom is -0.326 e. The van der Waals surface area contributed by atoms with Crippen molar-refractivity contribution in [3.05, 3.63) is 30.1 Å². The molecule has 2 nitrogen and oxygen atoms in total. The molecule has 1 aliphatic heterocycles. The summed E-state index contributed by atoms with van der Waals surface area (Å²) in [6.07, 6.45) is 1.09. The highest BCUT2D eigenvalue weighted by Gasteiger charge is 2.18. The third kappa shape index (κ3) is 3.20. The Kier molecular flexibility index (Phi) is 4.21. The maximum atomic E-state index is 13.3. The van der Waals surface area contributed by atoms with Gasteiger partial charge >= 0.3 is 0 Å². The monoisotopic (exact) mass is 240 g/mol. The molecule has 16 heavy (non-hydrogen) atoms. The SMILES string of the molecule is N[C@@H]1CCN(CCSc2ccccc2F)C1. The van der Waals surface area contributed by atoms with E-state index in [1.165, 1.54) is 6.07 Å². The van der Waals surface area contributed by atoms with Gasteiger partial charge in [0.05, 0.1) is 0 Å². The van der Waals surface area contributed by atoms with E-state index in [2.05, 4.69) is 4.90 Å². The summed E-state index contributed by atoms with van der Waals surface area (Å²) < 4.78 is 13.3. The Morgan fingerprint density at radius 1 is 1.44 bits per heavy atom. The van der Waals surface area contributed by atoms with Crippen molar-refractivity contribution in [1.82, 2.24) is 4.90 Å². The molecule has 1 aliphatic rings. The van der Waals surface area contributed by atoms with Gasteiger partial charge in [-0.05, 0) is 25.1 Å². The molecule has 0 aromatic heterocycles. The molecule has 0 aliphatic carbocycles. The fourth-order valence-electron chi connectivity index (χ4n) is 1.91. The van der Waals surface area contributed by atoms with Gasteiger partial charge in [0.2, 0.25) is 0 Å². The number of likely N-dealkylation sites (tertiary alicyclic amines) is 1. The first-order valence-electron chi connectivity index (χ1n) is 5.61. The van der Waals surface area contributed by atoms with Crippen LogP contribution in [0.2, 0.25) is 0 Å². The molecular weight excluding hydrogens is 223 g/mol. The van der Waals surface area contributed by atoms with Crippen molar-refractivity contribution in [3.63, 3.8) is 0 Å². The summed E-state index contributed by atoms with van der Waals surface area (Å²) in [4.78, 5) is 3.09. The smallest absolute Gasteiger partial charge is 0.136 e. The molecule has 2 rings (SSSR count). The summed E-state index contributed by atoms with van der Waals surface area (Å²) in [5.74, 6) is 0.804. The molecule has 2 N–H and O–H groups in total. The number of benzene rings is 1. The molecule has 0 amide bonds. The molecule has 0 unspecified atom stereocenters. The Morgan fingerprint density at radius 3 is 2.94 bits per heavy atom. The van der Waals surface area contributed by atoms with Crippen molar-refractivity contribution in [1.29, 1.82) is 0 Å². The second kappa shape index (κ2) is 5.66. The van der Waals surface area contributed by atoms with Gasteiger partial charge in [-0.2, -0.15) is 0 Å². The zero-order valence-corrected chi connectivity index (χ0v) is 10.0. The standard InChI is InChI=1S/C12H17FN2S/c13-11-3-1-2-4-12(11)16-8-7-15-6-5-10(14)9-15/h1-4,10H,5-9,14H2/t10-/m1/s1. The van der Waals surface area contributed by atoms with Crippen LogP contribution in [0.3, 0.4) is 0 Å². The molecule has 88 valence electrons. The van der Waals surface area contributed by atoms with Gasteiger partial charge in [0.1, 0.15) is 5.82 Å². The molecule has 1 fully saturated rings. The molecule has 0 bridgehead atoms. The van der Waals surface area contributed by atoms with Crippen molar-refractivity contribution in [2.24, 2.45) is 5.73 Å². The van der Waals surface area contributed by atoms with E-state index in [-0.39, 0.29) is 5.82 Å². The van der Waals surface area contributed by atoms with Crippen LogP contribution in [-0.4, -0.2) is 36.3 Å². The Bertz CT molecular complexity index is 346. The molecule has 0 radical (unpaired) electrons. The highest BCUT2D eigenvalue weighted by Crippen LogP contribution is 2.21. The minimum atomic E-state index is -0.120. The van der Waals surface area contributed by atoms with Crippen LogP contribution in [0.15, 0.2) is 29.2 Å². The van der Waals surface area contributed by atoms with Crippen molar-refractivity contribution >= 4 is 11.8 Å². The summed E-state index contributed by atoms with van der Waals surface area (Å²) in [7, 11) is 0. The summed E-state index contributed by atoms with van der Waals surface area (Å²) >= 11 is 1.58. The normalized spacial score (nSPS) is 21.5.